The third kappa shape index (κ3) is 7.12. The van der Waals surface area contributed by atoms with Crippen molar-refractivity contribution in [3.63, 3.8) is 0 Å². The average Bonchev–Trinajstić information content (AvgIpc) is 3.04. The Morgan fingerprint density at radius 2 is 2.00 bits per heavy atom. The second kappa shape index (κ2) is 11.4. The minimum absolute atomic E-state index is 0. The molecular weight excluding hydrogens is 435 g/mol. The molecule has 1 heterocycles. The van der Waals surface area contributed by atoms with E-state index in [1.807, 2.05) is 23.9 Å². The van der Waals surface area contributed by atoms with E-state index in [1.165, 1.54) is 4.90 Å². The molecule has 2 rings (SSSR count). The highest BCUT2D eigenvalue weighted by molar-refractivity contribution is 14.0. The first-order valence-electron chi connectivity index (χ1n) is 7.77. The zero-order chi connectivity index (χ0) is 16.5. The molecule has 0 atom stereocenters. The number of aromatic nitrogens is 1. The number of halogens is 1. The van der Waals surface area contributed by atoms with E-state index in [2.05, 4.69) is 58.9 Å². The number of hydrogen-bond donors (Lipinski definition) is 2. The summed E-state index contributed by atoms with van der Waals surface area (Å²) in [6.07, 6.45) is 0. The summed E-state index contributed by atoms with van der Waals surface area (Å²) in [5.74, 6) is 2.93. The number of rotatable bonds is 7. The van der Waals surface area contributed by atoms with Crippen molar-refractivity contribution in [2.75, 3.05) is 19.3 Å². The number of nitrogens with zero attached hydrogens (tertiary/aromatic N) is 2. The normalized spacial score (nSPS) is 11.2. The van der Waals surface area contributed by atoms with Gasteiger partial charge in [0.1, 0.15) is 0 Å². The van der Waals surface area contributed by atoms with Gasteiger partial charge in [-0.3, -0.25) is 4.99 Å². The first-order valence-corrected chi connectivity index (χ1v) is 8.75. The Morgan fingerprint density at radius 1 is 1.25 bits per heavy atom. The molecule has 132 valence electrons. The Hall–Kier alpha value is -1.22. The quantitative estimate of drug-likeness (QED) is 0.216. The van der Waals surface area contributed by atoms with Gasteiger partial charge in [0.25, 0.3) is 0 Å². The van der Waals surface area contributed by atoms with Gasteiger partial charge in [0.15, 0.2) is 11.7 Å². The van der Waals surface area contributed by atoms with Gasteiger partial charge in [0, 0.05) is 30.3 Å². The molecule has 0 unspecified atom stereocenters. The van der Waals surface area contributed by atoms with Crippen molar-refractivity contribution in [3.05, 3.63) is 47.9 Å². The lowest BCUT2D eigenvalue weighted by Gasteiger charge is -2.10. The smallest absolute Gasteiger partial charge is 0.191 e. The number of nitrogens with one attached hydrogen (secondary N) is 2. The van der Waals surface area contributed by atoms with Gasteiger partial charge in [-0.25, -0.2) is 0 Å². The third-order valence-electron chi connectivity index (χ3n) is 3.23. The first-order chi connectivity index (χ1) is 11.2. The van der Waals surface area contributed by atoms with Gasteiger partial charge in [-0.2, -0.15) is 0 Å². The first kappa shape index (κ1) is 20.8. The van der Waals surface area contributed by atoms with E-state index in [9.17, 15) is 0 Å². The van der Waals surface area contributed by atoms with Crippen LogP contribution in [0.5, 0.6) is 0 Å². The fraction of sp³-hybridized carbons (Fsp3) is 0.412. The highest BCUT2D eigenvalue weighted by Crippen LogP contribution is 2.16. The molecule has 24 heavy (non-hydrogen) atoms. The molecule has 0 saturated carbocycles. The number of hydrogen-bond acceptors (Lipinski definition) is 4. The zero-order valence-corrected chi connectivity index (χ0v) is 17.4. The summed E-state index contributed by atoms with van der Waals surface area (Å²) in [6, 6.07) is 12.4. The van der Waals surface area contributed by atoms with E-state index in [0.717, 1.165) is 29.7 Å². The SMILES string of the molecule is CN=C(NCCSc1ccccc1)NCc1cc(C(C)C)no1.I. The number of benzene rings is 1. The molecule has 0 amide bonds. The lowest BCUT2D eigenvalue weighted by molar-refractivity contribution is 0.372. The summed E-state index contributed by atoms with van der Waals surface area (Å²) in [4.78, 5) is 5.49. The van der Waals surface area contributed by atoms with E-state index in [1.54, 1.807) is 7.05 Å². The van der Waals surface area contributed by atoms with Crippen LogP contribution in [0, 0.1) is 0 Å². The van der Waals surface area contributed by atoms with Crippen LogP contribution in [0.4, 0.5) is 0 Å². The fourth-order valence-corrected chi connectivity index (χ4v) is 2.72. The molecule has 2 N–H and O–H groups in total. The largest absolute Gasteiger partial charge is 0.359 e. The van der Waals surface area contributed by atoms with Crippen LogP contribution in [-0.4, -0.2) is 30.5 Å². The van der Waals surface area contributed by atoms with Crippen molar-refractivity contribution < 1.29 is 4.52 Å². The number of aliphatic imine (C=N–C) groups is 1. The highest BCUT2D eigenvalue weighted by Gasteiger charge is 2.08. The topological polar surface area (TPSA) is 62.5 Å². The van der Waals surface area contributed by atoms with Crippen LogP contribution in [0.25, 0.3) is 0 Å². The minimum Gasteiger partial charge on any atom is -0.359 e. The zero-order valence-electron chi connectivity index (χ0n) is 14.3. The molecule has 2 aromatic rings. The van der Waals surface area contributed by atoms with E-state index in [-0.39, 0.29) is 24.0 Å². The van der Waals surface area contributed by atoms with E-state index in [0.29, 0.717) is 12.5 Å². The molecule has 0 bridgehead atoms. The summed E-state index contributed by atoms with van der Waals surface area (Å²) >= 11 is 1.82. The Labute approximate surface area is 165 Å². The van der Waals surface area contributed by atoms with Gasteiger partial charge < -0.3 is 15.2 Å². The molecule has 0 saturated heterocycles. The van der Waals surface area contributed by atoms with Gasteiger partial charge >= 0.3 is 0 Å². The van der Waals surface area contributed by atoms with Crippen LogP contribution in [-0.2, 0) is 6.54 Å². The molecule has 0 fully saturated rings. The van der Waals surface area contributed by atoms with Crippen molar-refractivity contribution >= 4 is 41.7 Å². The molecule has 0 aliphatic carbocycles. The Bertz CT molecular complexity index is 616. The minimum atomic E-state index is 0. The lowest BCUT2D eigenvalue weighted by Crippen LogP contribution is -2.37. The van der Waals surface area contributed by atoms with Crippen molar-refractivity contribution in [2.24, 2.45) is 4.99 Å². The van der Waals surface area contributed by atoms with Gasteiger partial charge in [-0.05, 0) is 18.1 Å². The van der Waals surface area contributed by atoms with Crippen molar-refractivity contribution in [3.8, 4) is 0 Å². The van der Waals surface area contributed by atoms with Crippen molar-refractivity contribution in [1.82, 2.24) is 15.8 Å². The Balaban J connectivity index is 0.00000288. The monoisotopic (exact) mass is 460 g/mol. The molecule has 1 aromatic carbocycles. The summed E-state index contributed by atoms with van der Waals surface area (Å²) in [5, 5.41) is 10.6. The maximum Gasteiger partial charge on any atom is 0.191 e. The van der Waals surface area contributed by atoms with Gasteiger partial charge in [0.05, 0.1) is 12.2 Å². The molecular formula is C17H25IN4OS. The van der Waals surface area contributed by atoms with E-state index in [4.69, 9.17) is 4.52 Å². The van der Waals surface area contributed by atoms with Gasteiger partial charge in [-0.1, -0.05) is 37.2 Å². The van der Waals surface area contributed by atoms with Gasteiger partial charge in [-0.15, -0.1) is 35.7 Å². The van der Waals surface area contributed by atoms with Gasteiger partial charge in [0.2, 0.25) is 0 Å². The number of thioether (sulfide) groups is 1. The third-order valence-corrected chi connectivity index (χ3v) is 4.24. The maximum absolute atomic E-state index is 5.30. The van der Waals surface area contributed by atoms with E-state index < -0.39 is 0 Å². The van der Waals surface area contributed by atoms with Crippen molar-refractivity contribution in [2.45, 2.75) is 31.2 Å². The molecule has 0 radical (unpaired) electrons. The van der Waals surface area contributed by atoms with E-state index >= 15 is 0 Å². The summed E-state index contributed by atoms with van der Waals surface area (Å²) in [6.45, 7) is 5.61. The Morgan fingerprint density at radius 3 is 2.62 bits per heavy atom. The molecule has 1 aromatic heterocycles. The fourth-order valence-electron chi connectivity index (χ4n) is 1.93. The number of guanidine groups is 1. The lowest BCUT2D eigenvalue weighted by atomic mass is 10.1. The second-order valence-corrected chi connectivity index (χ2v) is 6.56. The molecule has 0 aliphatic rings. The van der Waals surface area contributed by atoms with Crippen LogP contribution in [0.15, 0.2) is 50.8 Å². The van der Waals surface area contributed by atoms with Crippen LogP contribution >= 0.6 is 35.7 Å². The summed E-state index contributed by atoms with van der Waals surface area (Å²) in [5.41, 5.74) is 0.976. The van der Waals surface area contributed by atoms with Crippen LogP contribution in [0.3, 0.4) is 0 Å². The maximum atomic E-state index is 5.30. The van der Waals surface area contributed by atoms with Crippen LogP contribution < -0.4 is 10.6 Å². The Kier molecular flexibility index (Phi) is 9.85. The highest BCUT2D eigenvalue weighted by atomic mass is 127. The summed E-state index contributed by atoms with van der Waals surface area (Å²) in [7, 11) is 1.76. The van der Waals surface area contributed by atoms with Crippen LogP contribution in [0.1, 0.15) is 31.2 Å². The predicted molar refractivity (Wildman–Crippen MR) is 111 cm³/mol. The molecule has 5 nitrogen and oxygen atoms in total. The van der Waals surface area contributed by atoms with Crippen molar-refractivity contribution in [1.29, 1.82) is 0 Å². The van der Waals surface area contributed by atoms with Crippen LogP contribution in [0.2, 0.25) is 0 Å². The average molecular weight is 460 g/mol. The predicted octanol–water partition coefficient (Wildman–Crippen LogP) is 3.87. The molecule has 0 spiro atoms. The summed E-state index contributed by atoms with van der Waals surface area (Å²) < 4.78 is 5.30. The molecule has 0 aliphatic heterocycles. The molecule has 7 heteroatoms. The second-order valence-electron chi connectivity index (χ2n) is 5.39. The standard InChI is InChI=1S/C17H24N4OS.HI/c1-13(2)16-11-14(22-21-16)12-20-17(18-3)19-9-10-23-15-7-5-4-6-8-15;/h4-8,11,13H,9-10,12H2,1-3H3,(H2,18,19,20);1H.